The van der Waals surface area contributed by atoms with Crippen molar-refractivity contribution in [2.75, 3.05) is 6.54 Å². The van der Waals surface area contributed by atoms with Crippen LogP contribution >= 0.6 is 0 Å². The molecule has 3 N–H and O–H groups in total. The smallest absolute Gasteiger partial charge is 0.296 e. The molecule has 2 aromatic rings. The fraction of sp³-hybridized carbons (Fsp3) is 0.231. The van der Waals surface area contributed by atoms with E-state index >= 15 is 0 Å². The van der Waals surface area contributed by atoms with Gasteiger partial charge in [0.1, 0.15) is 17.2 Å². The first-order valence-corrected chi connectivity index (χ1v) is 5.77. The van der Waals surface area contributed by atoms with Crippen molar-refractivity contribution in [1.82, 2.24) is 4.57 Å². The molecular formula is C13H15ClN4O. The van der Waals surface area contributed by atoms with Gasteiger partial charge >= 0.3 is 0 Å². The molecule has 0 radical (unpaired) electrons. The van der Waals surface area contributed by atoms with Crippen LogP contribution in [0.3, 0.4) is 0 Å². The average molecular weight is 279 g/mol. The second kappa shape index (κ2) is 4.59. The maximum absolute atomic E-state index is 9.95. The summed E-state index contributed by atoms with van der Waals surface area (Å²) < 4.78 is 4.04. The summed E-state index contributed by atoms with van der Waals surface area (Å²) in [5, 5.41) is 9.95. The van der Waals surface area contributed by atoms with Crippen LogP contribution in [-0.4, -0.2) is 22.1 Å². The third-order valence-electron chi connectivity index (χ3n) is 3.41. The molecule has 0 amide bonds. The van der Waals surface area contributed by atoms with Crippen molar-refractivity contribution in [3.63, 3.8) is 0 Å². The highest BCUT2D eigenvalue weighted by Gasteiger charge is 2.31. The second-order valence-corrected chi connectivity index (χ2v) is 4.45. The Morgan fingerprint density at radius 2 is 2.05 bits per heavy atom. The van der Waals surface area contributed by atoms with Gasteiger partial charge in [0.25, 0.3) is 5.82 Å². The van der Waals surface area contributed by atoms with Gasteiger partial charge in [-0.2, -0.15) is 0 Å². The highest BCUT2D eigenvalue weighted by Crippen LogP contribution is 2.23. The van der Waals surface area contributed by atoms with Crippen LogP contribution in [0.4, 0.5) is 0 Å². The molecule has 5 nitrogen and oxygen atoms in total. The predicted octanol–water partition coefficient (Wildman–Crippen LogP) is -2.35. The van der Waals surface area contributed by atoms with Crippen molar-refractivity contribution in [1.29, 1.82) is 0 Å². The summed E-state index contributed by atoms with van der Waals surface area (Å²) in [7, 11) is 3.92. The van der Waals surface area contributed by atoms with E-state index in [-0.39, 0.29) is 24.7 Å². The number of hydrogen-bond acceptors (Lipinski definition) is 3. The van der Waals surface area contributed by atoms with Crippen LogP contribution in [0.15, 0.2) is 35.0 Å². The largest absolute Gasteiger partial charge is 1.00 e. The minimum Gasteiger partial charge on any atom is -1.00 e. The number of aliphatic imine (C=N–C) groups is 1. The van der Waals surface area contributed by atoms with E-state index in [1.165, 1.54) is 0 Å². The molecule has 1 aliphatic heterocycles. The molecule has 100 valence electrons. The van der Waals surface area contributed by atoms with Gasteiger partial charge in [0, 0.05) is 0 Å². The number of aliphatic hydroxyl groups is 1. The molecule has 6 heteroatoms. The number of nitrogens with zero attached hydrogens (tertiary/aromatic N) is 3. The van der Waals surface area contributed by atoms with Gasteiger partial charge in [-0.1, -0.05) is 12.1 Å². The number of para-hydroxylation sites is 2. The zero-order valence-electron chi connectivity index (χ0n) is 10.8. The third kappa shape index (κ3) is 1.77. The first kappa shape index (κ1) is 13.4. The van der Waals surface area contributed by atoms with E-state index in [1.54, 1.807) is 0 Å². The molecule has 0 saturated carbocycles. The molecule has 0 unspecified atom stereocenters. The molecule has 0 bridgehead atoms. The summed E-state index contributed by atoms with van der Waals surface area (Å²) in [4.78, 5) is 4.07. The molecular weight excluding hydrogens is 264 g/mol. The number of fused-ring (bicyclic) bond motifs is 1. The number of aromatic nitrogens is 2. The first-order valence-electron chi connectivity index (χ1n) is 5.77. The Kier molecular flexibility index (Phi) is 3.24. The number of benzene rings is 1. The quantitative estimate of drug-likeness (QED) is 0.574. The fourth-order valence-electron chi connectivity index (χ4n) is 2.53. The SMILES string of the molecule is Cn1c(C2=C(O)CN=C2N)[n+](C)c2ccccc21.[Cl-]. The van der Waals surface area contributed by atoms with Gasteiger partial charge in [-0.25, -0.2) is 9.13 Å². The van der Waals surface area contributed by atoms with Gasteiger partial charge in [-0.15, -0.1) is 0 Å². The lowest BCUT2D eigenvalue weighted by Crippen LogP contribution is -3.00. The lowest BCUT2D eigenvalue weighted by atomic mass is 10.2. The number of hydrogen-bond donors (Lipinski definition) is 2. The lowest BCUT2D eigenvalue weighted by Gasteiger charge is -2.00. The number of aliphatic hydroxyl groups excluding tert-OH is 1. The highest BCUT2D eigenvalue weighted by molar-refractivity contribution is 6.23. The van der Waals surface area contributed by atoms with Gasteiger partial charge < -0.3 is 23.2 Å². The van der Waals surface area contributed by atoms with E-state index in [4.69, 9.17) is 5.73 Å². The maximum Gasteiger partial charge on any atom is 0.296 e. The molecule has 0 spiro atoms. The van der Waals surface area contributed by atoms with E-state index < -0.39 is 0 Å². The molecule has 0 atom stereocenters. The van der Waals surface area contributed by atoms with Crippen molar-refractivity contribution in [2.24, 2.45) is 24.8 Å². The molecule has 2 heterocycles. The summed E-state index contributed by atoms with van der Waals surface area (Å²) in [6, 6.07) is 8.07. The van der Waals surface area contributed by atoms with E-state index in [0.29, 0.717) is 11.4 Å². The third-order valence-corrected chi connectivity index (χ3v) is 3.41. The summed E-state index contributed by atoms with van der Waals surface area (Å²) in [5.41, 5.74) is 8.69. The topological polar surface area (TPSA) is 67.4 Å². The zero-order valence-corrected chi connectivity index (χ0v) is 11.5. The Morgan fingerprint density at radius 1 is 1.37 bits per heavy atom. The molecule has 19 heavy (non-hydrogen) atoms. The van der Waals surface area contributed by atoms with Crippen LogP contribution in [0.1, 0.15) is 5.82 Å². The monoisotopic (exact) mass is 278 g/mol. The van der Waals surface area contributed by atoms with E-state index in [2.05, 4.69) is 4.99 Å². The number of nitrogens with two attached hydrogens (primary N) is 1. The fourth-order valence-corrected chi connectivity index (χ4v) is 2.53. The van der Waals surface area contributed by atoms with Crippen molar-refractivity contribution in [3.05, 3.63) is 35.8 Å². The van der Waals surface area contributed by atoms with Gasteiger partial charge in [0.2, 0.25) is 0 Å². The van der Waals surface area contributed by atoms with Crippen LogP contribution in [0.5, 0.6) is 0 Å². The molecule has 3 rings (SSSR count). The average Bonchev–Trinajstić information content (AvgIpc) is 2.81. The minimum absolute atomic E-state index is 0. The van der Waals surface area contributed by atoms with Crippen molar-refractivity contribution in [3.8, 4) is 0 Å². The molecule has 0 saturated heterocycles. The number of amidine groups is 1. The number of halogens is 1. The van der Waals surface area contributed by atoms with Gasteiger partial charge in [0.15, 0.2) is 11.0 Å². The van der Waals surface area contributed by atoms with E-state index in [0.717, 1.165) is 16.9 Å². The summed E-state index contributed by atoms with van der Waals surface area (Å²) >= 11 is 0. The Bertz CT molecular complexity index is 676. The molecule has 1 aromatic carbocycles. The number of rotatable bonds is 1. The Labute approximate surface area is 117 Å². The van der Waals surface area contributed by atoms with Crippen LogP contribution in [0, 0.1) is 0 Å². The summed E-state index contributed by atoms with van der Waals surface area (Å²) in [6.07, 6.45) is 0. The predicted molar refractivity (Wildman–Crippen MR) is 70.1 cm³/mol. The lowest BCUT2D eigenvalue weighted by molar-refractivity contribution is -0.648. The highest BCUT2D eigenvalue weighted by atomic mass is 35.5. The number of aryl methyl sites for hydroxylation is 2. The standard InChI is InChI=1S/C13H14N4O.ClH/c1-16-8-5-3-4-6-9(8)17(2)13(16)11-10(18)7-15-12(11)14;/h3-6H,7H2,1-2H3,(H2,14,15);1H. The Hall–Kier alpha value is -2.01. The Balaban J connectivity index is 0.00000133. The van der Waals surface area contributed by atoms with Crippen molar-refractivity contribution < 1.29 is 22.1 Å². The normalized spacial score (nSPS) is 14.7. The maximum atomic E-state index is 9.95. The number of imidazole rings is 1. The van der Waals surface area contributed by atoms with Gasteiger partial charge in [-0.3, -0.25) is 4.99 Å². The Morgan fingerprint density at radius 3 is 2.63 bits per heavy atom. The van der Waals surface area contributed by atoms with E-state index in [1.807, 2.05) is 47.5 Å². The van der Waals surface area contributed by atoms with E-state index in [9.17, 15) is 5.11 Å². The van der Waals surface area contributed by atoms with Gasteiger partial charge in [-0.05, 0) is 12.1 Å². The summed E-state index contributed by atoms with van der Waals surface area (Å²) in [6.45, 7) is 0.267. The second-order valence-electron chi connectivity index (χ2n) is 4.45. The van der Waals surface area contributed by atoms with Crippen LogP contribution in [0.25, 0.3) is 16.6 Å². The zero-order chi connectivity index (χ0) is 12.9. The molecule has 0 aliphatic carbocycles. The van der Waals surface area contributed by atoms with Crippen LogP contribution < -0.4 is 22.7 Å². The molecule has 1 aliphatic rings. The molecule has 1 aromatic heterocycles. The first-order chi connectivity index (χ1) is 8.61. The van der Waals surface area contributed by atoms with Crippen molar-refractivity contribution in [2.45, 2.75) is 0 Å². The molecule has 0 fully saturated rings. The van der Waals surface area contributed by atoms with Crippen LogP contribution in [0.2, 0.25) is 0 Å². The van der Waals surface area contributed by atoms with Crippen LogP contribution in [-0.2, 0) is 14.1 Å². The van der Waals surface area contributed by atoms with Crippen molar-refractivity contribution >= 4 is 22.4 Å². The summed E-state index contributed by atoms with van der Waals surface area (Å²) in [5.74, 6) is 1.50. The van der Waals surface area contributed by atoms with Gasteiger partial charge in [0.05, 0.1) is 20.6 Å². The minimum atomic E-state index is 0.